The molecule has 2 heterocycles. The molecule has 1 aliphatic rings. The number of benzene rings is 2. The van der Waals surface area contributed by atoms with Crippen molar-refractivity contribution in [3.8, 4) is 5.69 Å². The van der Waals surface area contributed by atoms with Crippen LogP contribution in [0.2, 0.25) is 0 Å². The lowest BCUT2D eigenvalue weighted by Gasteiger charge is -2.33. The van der Waals surface area contributed by atoms with Gasteiger partial charge in [-0.15, -0.1) is 0 Å². The maximum Gasteiger partial charge on any atom is 0.297 e. The molecule has 1 amide bonds. The summed E-state index contributed by atoms with van der Waals surface area (Å²) in [6.45, 7) is 8.22. The van der Waals surface area contributed by atoms with Crippen LogP contribution in [0, 0.1) is 12.8 Å². The summed E-state index contributed by atoms with van der Waals surface area (Å²) in [6, 6.07) is 15.2. The van der Waals surface area contributed by atoms with Gasteiger partial charge in [-0.25, -0.2) is 10.5 Å². The predicted octanol–water partition coefficient (Wildman–Crippen LogP) is 2.95. The van der Waals surface area contributed by atoms with E-state index in [9.17, 15) is 9.59 Å². The molecule has 3 aromatic rings. The Bertz CT molecular complexity index is 1220. The number of nitrogens with zero attached hydrogens (tertiary/aromatic N) is 3. The summed E-state index contributed by atoms with van der Waals surface area (Å²) < 4.78 is 7.01. The minimum atomic E-state index is -0.389. The van der Waals surface area contributed by atoms with E-state index >= 15 is 0 Å². The summed E-state index contributed by atoms with van der Waals surface area (Å²) in [6.07, 6.45) is 3.21. The fourth-order valence-corrected chi connectivity index (χ4v) is 4.52. The third-order valence-corrected chi connectivity index (χ3v) is 6.44. The van der Waals surface area contributed by atoms with Crippen molar-refractivity contribution in [1.29, 1.82) is 0 Å². The van der Waals surface area contributed by atoms with Gasteiger partial charge in [0.05, 0.1) is 32.1 Å². The fraction of sp³-hybridized carbons (Fsp3) is 0.370. The van der Waals surface area contributed by atoms with E-state index in [1.165, 1.54) is 11.7 Å². The van der Waals surface area contributed by atoms with Crippen LogP contribution in [0.4, 0.5) is 5.82 Å². The zero-order valence-corrected chi connectivity index (χ0v) is 20.9. The second-order valence-electron chi connectivity index (χ2n) is 9.01. The summed E-state index contributed by atoms with van der Waals surface area (Å²) in [7, 11) is 1.38. The molecule has 0 unspecified atom stereocenters. The zero-order valence-electron chi connectivity index (χ0n) is 20.9. The first kappa shape index (κ1) is 25.6. The number of anilines is 1. The normalized spacial score (nSPS) is 15.8. The second kappa shape index (κ2) is 11.9. The van der Waals surface area contributed by atoms with Gasteiger partial charge in [-0.05, 0) is 36.1 Å². The highest BCUT2D eigenvalue weighted by Gasteiger charge is 2.24. The average molecular weight is 492 g/mol. The zero-order chi connectivity index (χ0) is 25.5. The van der Waals surface area contributed by atoms with Gasteiger partial charge < -0.3 is 10.1 Å². The minimum Gasteiger partial charge on any atom is -0.379 e. The molecule has 190 valence electrons. The van der Waals surface area contributed by atoms with Gasteiger partial charge in [-0.2, -0.15) is 0 Å². The third kappa shape index (κ3) is 5.99. The number of hydroxylamine groups is 1. The monoisotopic (exact) mass is 491 g/mol. The Morgan fingerprint density at radius 3 is 2.64 bits per heavy atom. The molecule has 0 bridgehead atoms. The SMILES string of the molecule is CONC(=O)c1ccc(C)c(-n2ccnc(N[C@@H](c3ccccc3)[C@H](C)CN3CCOCC3)c2=O)c1. The van der Waals surface area contributed by atoms with Crippen LogP contribution in [0.1, 0.15) is 34.5 Å². The highest BCUT2D eigenvalue weighted by atomic mass is 16.6. The van der Waals surface area contributed by atoms with Crippen molar-refractivity contribution in [2.75, 3.05) is 45.3 Å². The molecule has 9 heteroatoms. The largest absolute Gasteiger partial charge is 0.379 e. The fourth-order valence-electron chi connectivity index (χ4n) is 4.52. The second-order valence-corrected chi connectivity index (χ2v) is 9.01. The lowest BCUT2D eigenvalue weighted by Crippen LogP contribution is -2.41. The molecule has 4 rings (SSSR count). The van der Waals surface area contributed by atoms with E-state index in [4.69, 9.17) is 9.57 Å². The molecule has 2 N–H and O–H groups in total. The highest BCUT2D eigenvalue weighted by molar-refractivity contribution is 5.94. The minimum absolute atomic E-state index is 0.120. The number of aryl methyl sites for hydroxylation is 1. The van der Waals surface area contributed by atoms with Crippen molar-refractivity contribution in [2.24, 2.45) is 5.92 Å². The first-order valence-corrected chi connectivity index (χ1v) is 12.1. The number of aromatic nitrogens is 2. The Labute approximate surface area is 211 Å². The number of rotatable bonds is 9. The van der Waals surface area contributed by atoms with E-state index in [1.807, 2.05) is 25.1 Å². The molecule has 9 nitrogen and oxygen atoms in total. The van der Waals surface area contributed by atoms with Gasteiger partial charge in [0.25, 0.3) is 11.5 Å². The Balaban J connectivity index is 1.65. The maximum atomic E-state index is 13.6. The number of nitrogens with one attached hydrogen (secondary N) is 2. The number of carbonyl (C=O) groups is 1. The molecule has 1 saturated heterocycles. The van der Waals surface area contributed by atoms with E-state index in [0.717, 1.165) is 44.0 Å². The molecule has 36 heavy (non-hydrogen) atoms. The quantitative estimate of drug-likeness (QED) is 0.444. The Hall–Kier alpha value is -3.53. The van der Waals surface area contributed by atoms with E-state index < -0.39 is 0 Å². The van der Waals surface area contributed by atoms with Crippen molar-refractivity contribution in [3.05, 3.63) is 88.0 Å². The van der Waals surface area contributed by atoms with Gasteiger partial charge in [0, 0.05) is 37.6 Å². The van der Waals surface area contributed by atoms with Crippen LogP contribution in [0.3, 0.4) is 0 Å². The Morgan fingerprint density at radius 1 is 1.17 bits per heavy atom. The lowest BCUT2D eigenvalue weighted by molar-refractivity contribution is 0.0305. The number of amides is 1. The van der Waals surface area contributed by atoms with Crippen molar-refractivity contribution in [1.82, 2.24) is 19.9 Å². The summed E-state index contributed by atoms with van der Waals surface area (Å²) in [4.78, 5) is 37.4. The van der Waals surface area contributed by atoms with Gasteiger partial charge in [0.15, 0.2) is 5.82 Å². The van der Waals surface area contributed by atoms with Gasteiger partial charge in [0.2, 0.25) is 0 Å². The van der Waals surface area contributed by atoms with Crippen LogP contribution in [-0.4, -0.2) is 60.3 Å². The highest BCUT2D eigenvalue weighted by Crippen LogP contribution is 2.26. The first-order chi connectivity index (χ1) is 17.5. The van der Waals surface area contributed by atoms with Gasteiger partial charge in [-0.1, -0.05) is 43.3 Å². The van der Waals surface area contributed by atoms with E-state index in [1.54, 1.807) is 30.6 Å². The smallest absolute Gasteiger partial charge is 0.297 e. The van der Waals surface area contributed by atoms with Crippen LogP contribution in [0.15, 0.2) is 65.7 Å². The van der Waals surface area contributed by atoms with Crippen LogP contribution in [-0.2, 0) is 9.57 Å². The molecule has 1 aromatic heterocycles. The van der Waals surface area contributed by atoms with Crippen molar-refractivity contribution >= 4 is 11.7 Å². The van der Waals surface area contributed by atoms with Crippen molar-refractivity contribution in [3.63, 3.8) is 0 Å². The standard InChI is InChI=1S/C27H33N5O4/c1-19-9-10-22(26(33)30-35-3)17-23(19)32-12-11-28-25(27(32)34)29-24(21-7-5-4-6-8-21)20(2)18-31-13-15-36-16-14-31/h4-12,17,20,24H,13-16,18H2,1-3H3,(H,28,29)(H,30,33)/t20-,24-/m1/s1. The number of morpholine rings is 1. The van der Waals surface area contributed by atoms with Crippen LogP contribution < -0.4 is 16.4 Å². The molecule has 0 spiro atoms. The molecule has 1 aliphatic heterocycles. The summed E-state index contributed by atoms with van der Waals surface area (Å²) in [5.74, 6) is 0.0646. The number of ether oxygens (including phenoxy) is 1. The molecule has 2 aromatic carbocycles. The van der Waals surface area contributed by atoms with E-state index in [0.29, 0.717) is 11.3 Å². The summed E-state index contributed by atoms with van der Waals surface area (Å²) >= 11 is 0. The average Bonchev–Trinajstić information content (AvgIpc) is 2.89. The lowest BCUT2D eigenvalue weighted by atomic mass is 9.93. The predicted molar refractivity (Wildman–Crippen MR) is 138 cm³/mol. The molecule has 1 fully saturated rings. The van der Waals surface area contributed by atoms with Crippen molar-refractivity contribution in [2.45, 2.75) is 19.9 Å². The molecule has 0 aliphatic carbocycles. The molecule has 0 radical (unpaired) electrons. The molecule has 2 atom stereocenters. The summed E-state index contributed by atoms with van der Waals surface area (Å²) in [5.41, 5.74) is 4.95. The maximum absolute atomic E-state index is 13.6. The molecular formula is C27H33N5O4. The number of carbonyl (C=O) groups excluding carboxylic acids is 1. The van der Waals surface area contributed by atoms with Crippen molar-refractivity contribution < 1.29 is 14.4 Å². The number of hydrogen-bond acceptors (Lipinski definition) is 7. The van der Waals surface area contributed by atoms with Crippen LogP contribution >= 0.6 is 0 Å². The van der Waals surface area contributed by atoms with E-state index in [2.05, 4.69) is 39.7 Å². The Morgan fingerprint density at radius 2 is 1.92 bits per heavy atom. The topological polar surface area (TPSA) is 97.7 Å². The molecular weight excluding hydrogens is 458 g/mol. The van der Waals surface area contributed by atoms with Gasteiger partial charge in [-0.3, -0.25) is 23.9 Å². The molecule has 0 saturated carbocycles. The van der Waals surface area contributed by atoms with Crippen LogP contribution in [0.25, 0.3) is 5.69 Å². The third-order valence-electron chi connectivity index (χ3n) is 6.44. The number of hydrogen-bond donors (Lipinski definition) is 2. The van der Waals surface area contributed by atoms with Gasteiger partial charge >= 0.3 is 0 Å². The van der Waals surface area contributed by atoms with Gasteiger partial charge in [0.1, 0.15) is 0 Å². The summed E-state index contributed by atoms with van der Waals surface area (Å²) in [5, 5.41) is 3.44. The van der Waals surface area contributed by atoms with E-state index in [-0.39, 0.29) is 29.2 Å². The first-order valence-electron chi connectivity index (χ1n) is 12.1. The van der Waals surface area contributed by atoms with Crippen LogP contribution in [0.5, 0.6) is 0 Å². The Kier molecular flexibility index (Phi) is 8.48.